The van der Waals surface area contributed by atoms with Gasteiger partial charge in [0.05, 0.1) is 6.61 Å². The molecule has 1 saturated carbocycles. The average Bonchev–Trinajstić information content (AvgIpc) is 2.80. The van der Waals surface area contributed by atoms with Crippen molar-refractivity contribution in [2.45, 2.75) is 45.2 Å². The van der Waals surface area contributed by atoms with Crippen molar-refractivity contribution in [1.82, 2.24) is 5.32 Å². The van der Waals surface area contributed by atoms with Crippen molar-refractivity contribution in [2.75, 3.05) is 6.61 Å². The van der Waals surface area contributed by atoms with E-state index in [-0.39, 0.29) is 0 Å². The van der Waals surface area contributed by atoms with E-state index in [0.717, 1.165) is 24.9 Å². The van der Waals surface area contributed by atoms with Crippen LogP contribution in [0, 0.1) is 0 Å². The summed E-state index contributed by atoms with van der Waals surface area (Å²) in [5.74, 6) is 0.980. The molecular weight excluding hydrogens is 198 g/mol. The summed E-state index contributed by atoms with van der Waals surface area (Å²) in [6.07, 6.45) is 5.45. The molecule has 1 aromatic rings. The third-order valence-electron chi connectivity index (χ3n) is 3.16. The van der Waals surface area contributed by atoms with Crippen LogP contribution in [0.1, 0.15) is 38.2 Å². The van der Waals surface area contributed by atoms with Crippen LogP contribution in [0.4, 0.5) is 0 Å². The Morgan fingerprint density at radius 3 is 2.88 bits per heavy atom. The molecule has 0 radical (unpaired) electrons. The molecule has 1 N–H and O–H groups in total. The van der Waals surface area contributed by atoms with Gasteiger partial charge in [-0.05, 0) is 37.5 Å². The Morgan fingerprint density at radius 2 is 2.12 bits per heavy atom. The number of hydrogen-bond acceptors (Lipinski definition) is 2. The second-order valence-electron chi connectivity index (χ2n) is 4.44. The fraction of sp³-hybridized carbons (Fsp3) is 0.571. The van der Waals surface area contributed by atoms with Gasteiger partial charge in [0.2, 0.25) is 0 Å². The Kier molecular flexibility index (Phi) is 4.23. The quantitative estimate of drug-likeness (QED) is 0.821. The first-order chi connectivity index (χ1) is 7.88. The van der Waals surface area contributed by atoms with E-state index in [1.165, 1.54) is 31.2 Å². The molecule has 0 unspecified atom stereocenters. The van der Waals surface area contributed by atoms with E-state index in [1.54, 1.807) is 0 Å². The van der Waals surface area contributed by atoms with E-state index in [4.69, 9.17) is 4.74 Å². The Balaban J connectivity index is 1.85. The van der Waals surface area contributed by atoms with Crippen LogP contribution in [0.2, 0.25) is 0 Å². The molecule has 0 bridgehead atoms. The van der Waals surface area contributed by atoms with Crippen molar-refractivity contribution in [3.8, 4) is 5.75 Å². The van der Waals surface area contributed by atoms with Gasteiger partial charge in [0.25, 0.3) is 0 Å². The molecule has 0 amide bonds. The van der Waals surface area contributed by atoms with Crippen LogP contribution in [-0.4, -0.2) is 12.6 Å². The molecule has 1 aromatic carbocycles. The van der Waals surface area contributed by atoms with Gasteiger partial charge in [-0.3, -0.25) is 0 Å². The molecule has 0 atom stereocenters. The van der Waals surface area contributed by atoms with E-state index in [2.05, 4.69) is 23.5 Å². The number of hydrogen-bond donors (Lipinski definition) is 1. The fourth-order valence-electron chi connectivity index (χ4n) is 2.30. The van der Waals surface area contributed by atoms with Crippen LogP contribution < -0.4 is 10.1 Å². The fourth-order valence-corrected chi connectivity index (χ4v) is 2.30. The van der Waals surface area contributed by atoms with Crippen molar-refractivity contribution in [2.24, 2.45) is 0 Å². The predicted molar refractivity (Wildman–Crippen MR) is 66.7 cm³/mol. The highest BCUT2D eigenvalue weighted by atomic mass is 16.5. The maximum absolute atomic E-state index is 5.49. The Hall–Kier alpha value is -1.02. The zero-order valence-electron chi connectivity index (χ0n) is 10.0. The molecule has 16 heavy (non-hydrogen) atoms. The van der Waals surface area contributed by atoms with Gasteiger partial charge in [-0.25, -0.2) is 0 Å². The maximum atomic E-state index is 5.49. The monoisotopic (exact) mass is 219 g/mol. The summed E-state index contributed by atoms with van der Waals surface area (Å²) in [5.41, 5.74) is 1.32. The van der Waals surface area contributed by atoms with Crippen molar-refractivity contribution in [3.05, 3.63) is 29.8 Å². The van der Waals surface area contributed by atoms with E-state index < -0.39 is 0 Å². The minimum absolute atomic E-state index is 0.732. The maximum Gasteiger partial charge on any atom is 0.119 e. The molecule has 0 aromatic heterocycles. The molecule has 0 saturated heterocycles. The highest BCUT2D eigenvalue weighted by Crippen LogP contribution is 2.19. The lowest BCUT2D eigenvalue weighted by atomic mass is 10.2. The van der Waals surface area contributed by atoms with Gasteiger partial charge in [0, 0.05) is 12.6 Å². The second-order valence-corrected chi connectivity index (χ2v) is 4.44. The van der Waals surface area contributed by atoms with Crippen LogP contribution in [-0.2, 0) is 6.54 Å². The molecule has 88 valence electrons. The SMILES string of the molecule is CCOc1cccc(CNC2CCCC2)c1. The highest BCUT2D eigenvalue weighted by molar-refractivity contribution is 5.28. The molecule has 1 aliphatic rings. The topological polar surface area (TPSA) is 21.3 Å². The first-order valence-corrected chi connectivity index (χ1v) is 6.33. The molecule has 1 aliphatic carbocycles. The number of nitrogens with one attached hydrogen (secondary N) is 1. The standard InChI is InChI=1S/C14H21NO/c1-2-16-14-9-5-6-12(10-14)11-15-13-7-3-4-8-13/h5-6,9-10,13,15H,2-4,7-8,11H2,1H3. The lowest BCUT2D eigenvalue weighted by molar-refractivity contribution is 0.339. The Bertz CT molecular complexity index is 318. The highest BCUT2D eigenvalue weighted by Gasteiger charge is 2.13. The Morgan fingerprint density at radius 1 is 1.31 bits per heavy atom. The van der Waals surface area contributed by atoms with Gasteiger partial charge in [-0.1, -0.05) is 25.0 Å². The molecule has 1 fully saturated rings. The first-order valence-electron chi connectivity index (χ1n) is 6.33. The molecule has 0 aliphatic heterocycles. The van der Waals surface area contributed by atoms with Crippen LogP contribution in [0.3, 0.4) is 0 Å². The largest absolute Gasteiger partial charge is 0.494 e. The zero-order chi connectivity index (χ0) is 11.2. The van der Waals surface area contributed by atoms with Gasteiger partial charge in [0.1, 0.15) is 5.75 Å². The normalized spacial score (nSPS) is 16.6. The summed E-state index contributed by atoms with van der Waals surface area (Å²) in [6, 6.07) is 9.10. The van der Waals surface area contributed by atoms with Crippen molar-refractivity contribution < 1.29 is 4.74 Å². The molecule has 2 nitrogen and oxygen atoms in total. The smallest absolute Gasteiger partial charge is 0.119 e. The van der Waals surface area contributed by atoms with Crippen LogP contribution in [0.5, 0.6) is 5.75 Å². The van der Waals surface area contributed by atoms with Gasteiger partial charge >= 0.3 is 0 Å². The summed E-state index contributed by atoms with van der Waals surface area (Å²) in [7, 11) is 0. The lowest BCUT2D eigenvalue weighted by Crippen LogP contribution is -2.25. The summed E-state index contributed by atoms with van der Waals surface area (Å²) >= 11 is 0. The van der Waals surface area contributed by atoms with Crippen molar-refractivity contribution in [3.63, 3.8) is 0 Å². The van der Waals surface area contributed by atoms with Gasteiger partial charge in [-0.2, -0.15) is 0 Å². The first kappa shape index (κ1) is 11.5. The third kappa shape index (κ3) is 3.24. The lowest BCUT2D eigenvalue weighted by Gasteiger charge is -2.12. The van der Waals surface area contributed by atoms with E-state index in [9.17, 15) is 0 Å². The zero-order valence-corrected chi connectivity index (χ0v) is 10.0. The van der Waals surface area contributed by atoms with Gasteiger partial charge in [0.15, 0.2) is 0 Å². The van der Waals surface area contributed by atoms with Gasteiger partial charge in [-0.15, -0.1) is 0 Å². The summed E-state index contributed by atoms with van der Waals surface area (Å²) < 4.78 is 5.49. The van der Waals surface area contributed by atoms with Gasteiger partial charge < -0.3 is 10.1 Å². The van der Waals surface area contributed by atoms with Crippen molar-refractivity contribution >= 4 is 0 Å². The average molecular weight is 219 g/mol. The molecule has 2 rings (SSSR count). The number of benzene rings is 1. The predicted octanol–water partition coefficient (Wildman–Crippen LogP) is 3.12. The summed E-state index contributed by atoms with van der Waals surface area (Å²) in [4.78, 5) is 0. The second kappa shape index (κ2) is 5.90. The third-order valence-corrected chi connectivity index (χ3v) is 3.16. The van der Waals surface area contributed by atoms with E-state index in [1.807, 2.05) is 13.0 Å². The minimum atomic E-state index is 0.732. The molecule has 0 heterocycles. The molecular formula is C14H21NO. The molecule has 0 spiro atoms. The van der Waals surface area contributed by atoms with Crippen LogP contribution in [0.15, 0.2) is 24.3 Å². The van der Waals surface area contributed by atoms with E-state index in [0.29, 0.717) is 0 Å². The van der Waals surface area contributed by atoms with E-state index >= 15 is 0 Å². The van der Waals surface area contributed by atoms with Crippen molar-refractivity contribution in [1.29, 1.82) is 0 Å². The summed E-state index contributed by atoms with van der Waals surface area (Å²) in [5, 5.41) is 3.61. The number of rotatable bonds is 5. The number of ether oxygens (including phenoxy) is 1. The van der Waals surface area contributed by atoms with Crippen LogP contribution in [0.25, 0.3) is 0 Å². The Labute approximate surface area is 98.0 Å². The molecule has 2 heteroatoms. The minimum Gasteiger partial charge on any atom is -0.494 e. The summed E-state index contributed by atoms with van der Waals surface area (Å²) in [6.45, 7) is 3.72. The van der Waals surface area contributed by atoms with Crippen LogP contribution >= 0.6 is 0 Å².